The zero-order chi connectivity index (χ0) is 13.7. The van der Waals surface area contributed by atoms with Gasteiger partial charge in [-0.2, -0.15) is 0 Å². The Morgan fingerprint density at radius 2 is 1.89 bits per heavy atom. The molecule has 1 rings (SSSR count). The van der Waals surface area contributed by atoms with Gasteiger partial charge < -0.3 is 14.7 Å². The highest BCUT2D eigenvalue weighted by atomic mass is 16.5. The topological polar surface area (TPSA) is 66.8 Å². The Labute approximate surface area is 106 Å². The molecule has 1 unspecified atom stereocenters. The first-order valence-corrected chi connectivity index (χ1v) is 5.59. The molecule has 1 amide bonds. The normalized spacial score (nSPS) is 11.7. The zero-order valence-corrected chi connectivity index (χ0v) is 10.7. The molecule has 1 aromatic carbocycles. The highest BCUT2D eigenvalue weighted by Gasteiger charge is 2.19. The van der Waals surface area contributed by atoms with Gasteiger partial charge >= 0.3 is 5.97 Å². The van der Waals surface area contributed by atoms with Crippen LogP contribution in [0.25, 0.3) is 0 Å². The Morgan fingerprint density at radius 3 is 2.33 bits per heavy atom. The Bertz CT molecular complexity index is 427. The molecule has 0 aromatic heterocycles. The van der Waals surface area contributed by atoms with Gasteiger partial charge in [-0.25, -0.2) is 0 Å². The fourth-order valence-electron chi connectivity index (χ4n) is 1.44. The average Bonchev–Trinajstić information content (AvgIpc) is 2.37. The van der Waals surface area contributed by atoms with Crippen LogP contribution in [0.15, 0.2) is 24.3 Å². The van der Waals surface area contributed by atoms with Crippen molar-refractivity contribution in [1.82, 2.24) is 0 Å². The van der Waals surface area contributed by atoms with E-state index in [-0.39, 0.29) is 12.3 Å². The Kier molecular flexibility index (Phi) is 4.71. The number of methoxy groups -OCH3 is 1. The number of benzene rings is 1. The number of aliphatic carboxylic acids is 1. The van der Waals surface area contributed by atoms with Gasteiger partial charge in [0.2, 0.25) is 5.91 Å². The van der Waals surface area contributed by atoms with Crippen molar-refractivity contribution in [2.75, 3.05) is 19.1 Å². The van der Waals surface area contributed by atoms with Crippen molar-refractivity contribution < 1.29 is 19.4 Å². The maximum Gasteiger partial charge on any atom is 0.306 e. The van der Waals surface area contributed by atoms with Gasteiger partial charge in [0.1, 0.15) is 5.75 Å². The highest BCUT2D eigenvalue weighted by Crippen LogP contribution is 2.19. The molecule has 18 heavy (non-hydrogen) atoms. The first-order valence-electron chi connectivity index (χ1n) is 5.59. The van der Waals surface area contributed by atoms with Gasteiger partial charge in [0, 0.05) is 19.2 Å². The fourth-order valence-corrected chi connectivity index (χ4v) is 1.44. The van der Waals surface area contributed by atoms with Gasteiger partial charge in [0.15, 0.2) is 0 Å². The number of carbonyl (C=O) groups excluding carboxylic acids is 1. The number of amides is 1. The van der Waals surface area contributed by atoms with E-state index in [4.69, 9.17) is 9.84 Å². The van der Waals surface area contributed by atoms with Crippen molar-refractivity contribution in [2.45, 2.75) is 13.3 Å². The Hall–Kier alpha value is -2.04. The SMILES string of the molecule is COc1ccc(N(C)C(=O)CC(C)C(=O)O)cc1. The maximum absolute atomic E-state index is 11.8. The van der Waals surface area contributed by atoms with E-state index in [0.717, 1.165) is 0 Å². The van der Waals surface area contributed by atoms with Crippen LogP contribution in [-0.4, -0.2) is 31.1 Å². The molecule has 0 bridgehead atoms. The van der Waals surface area contributed by atoms with E-state index in [9.17, 15) is 9.59 Å². The molecule has 5 nitrogen and oxygen atoms in total. The van der Waals surface area contributed by atoms with Crippen LogP contribution in [0.3, 0.4) is 0 Å². The van der Waals surface area contributed by atoms with Crippen LogP contribution in [0, 0.1) is 5.92 Å². The number of hydrogen-bond acceptors (Lipinski definition) is 3. The van der Waals surface area contributed by atoms with Crippen LogP contribution in [-0.2, 0) is 9.59 Å². The third-order valence-electron chi connectivity index (χ3n) is 2.74. The van der Waals surface area contributed by atoms with E-state index >= 15 is 0 Å². The molecule has 0 fully saturated rings. The number of hydrogen-bond donors (Lipinski definition) is 1. The summed E-state index contributed by atoms with van der Waals surface area (Å²) in [5, 5.41) is 8.76. The molecule has 1 N–H and O–H groups in total. The molecular formula is C13H17NO4. The first kappa shape index (κ1) is 14.0. The fraction of sp³-hybridized carbons (Fsp3) is 0.385. The van der Waals surface area contributed by atoms with Crippen LogP contribution < -0.4 is 9.64 Å². The predicted octanol–water partition coefficient (Wildman–Crippen LogP) is 1.77. The summed E-state index contributed by atoms with van der Waals surface area (Å²) in [6.07, 6.45) is -0.0160. The largest absolute Gasteiger partial charge is 0.497 e. The lowest BCUT2D eigenvalue weighted by Crippen LogP contribution is -2.29. The van der Waals surface area contributed by atoms with E-state index < -0.39 is 11.9 Å². The molecular weight excluding hydrogens is 234 g/mol. The number of ether oxygens (including phenoxy) is 1. The van der Waals surface area contributed by atoms with Crippen molar-refractivity contribution >= 4 is 17.6 Å². The van der Waals surface area contributed by atoms with Crippen LogP contribution >= 0.6 is 0 Å². The lowest BCUT2D eigenvalue weighted by molar-refractivity contribution is -0.143. The summed E-state index contributed by atoms with van der Waals surface area (Å²) < 4.78 is 5.02. The number of carboxylic acid groups (broad SMARTS) is 1. The second-order valence-corrected chi connectivity index (χ2v) is 4.09. The van der Waals surface area contributed by atoms with Crippen molar-refractivity contribution in [3.8, 4) is 5.75 Å². The number of carbonyl (C=O) groups is 2. The van der Waals surface area contributed by atoms with Crippen LogP contribution in [0.2, 0.25) is 0 Å². The standard InChI is InChI=1S/C13H17NO4/c1-9(13(16)17)8-12(15)14(2)10-4-6-11(18-3)7-5-10/h4-7,9H,8H2,1-3H3,(H,16,17). The smallest absolute Gasteiger partial charge is 0.306 e. The van der Waals surface area contributed by atoms with Gasteiger partial charge in [-0.05, 0) is 24.3 Å². The van der Waals surface area contributed by atoms with E-state index in [0.29, 0.717) is 11.4 Å². The Morgan fingerprint density at radius 1 is 1.33 bits per heavy atom. The predicted molar refractivity (Wildman–Crippen MR) is 67.8 cm³/mol. The van der Waals surface area contributed by atoms with Crippen LogP contribution in [0.4, 0.5) is 5.69 Å². The molecule has 1 atom stereocenters. The van der Waals surface area contributed by atoms with Crippen molar-refractivity contribution in [3.63, 3.8) is 0 Å². The minimum atomic E-state index is -0.966. The molecule has 0 spiro atoms. The summed E-state index contributed by atoms with van der Waals surface area (Å²) in [5.41, 5.74) is 0.707. The summed E-state index contributed by atoms with van der Waals surface area (Å²) in [6.45, 7) is 1.52. The molecule has 1 aromatic rings. The van der Waals surface area contributed by atoms with E-state index in [1.54, 1.807) is 38.4 Å². The van der Waals surface area contributed by atoms with Gasteiger partial charge in [-0.3, -0.25) is 9.59 Å². The van der Waals surface area contributed by atoms with Gasteiger partial charge in [-0.15, -0.1) is 0 Å². The third kappa shape index (κ3) is 3.48. The monoisotopic (exact) mass is 251 g/mol. The van der Waals surface area contributed by atoms with Crippen molar-refractivity contribution in [1.29, 1.82) is 0 Å². The summed E-state index contributed by atoms with van der Waals surface area (Å²) in [7, 11) is 3.19. The lowest BCUT2D eigenvalue weighted by Gasteiger charge is -2.18. The minimum absolute atomic E-state index is 0.0160. The third-order valence-corrected chi connectivity index (χ3v) is 2.74. The molecule has 0 saturated carbocycles. The van der Waals surface area contributed by atoms with Crippen molar-refractivity contribution in [2.24, 2.45) is 5.92 Å². The molecule has 98 valence electrons. The maximum atomic E-state index is 11.8. The summed E-state index contributed by atoms with van der Waals surface area (Å²) in [4.78, 5) is 24.0. The number of rotatable bonds is 5. The summed E-state index contributed by atoms with van der Waals surface area (Å²) in [5.74, 6) is -1.17. The molecule has 0 aliphatic rings. The molecule has 0 saturated heterocycles. The zero-order valence-electron chi connectivity index (χ0n) is 10.7. The highest BCUT2D eigenvalue weighted by molar-refractivity contribution is 5.94. The molecule has 5 heteroatoms. The lowest BCUT2D eigenvalue weighted by atomic mass is 10.1. The number of carboxylic acids is 1. The molecule has 0 heterocycles. The van der Waals surface area contributed by atoms with Gasteiger partial charge in [0.25, 0.3) is 0 Å². The molecule has 0 aliphatic heterocycles. The average molecular weight is 251 g/mol. The van der Waals surface area contributed by atoms with E-state index in [1.807, 2.05) is 0 Å². The number of nitrogens with zero attached hydrogens (tertiary/aromatic N) is 1. The first-order chi connectivity index (χ1) is 8.45. The second kappa shape index (κ2) is 6.05. The minimum Gasteiger partial charge on any atom is -0.497 e. The Balaban J connectivity index is 2.70. The quantitative estimate of drug-likeness (QED) is 0.866. The van der Waals surface area contributed by atoms with Crippen LogP contribution in [0.5, 0.6) is 5.75 Å². The summed E-state index contributed by atoms with van der Waals surface area (Å²) >= 11 is 0. The van der Waals surface area contributed by atoms with Gasteiger partial charge in [-0.1, -0.05) is 6.92 Å². The van der Waals surface area contributed by atoms with Crippen LogP contribution in [0.1, 0.15) is 13.3 Å². The number of anilines is 1. The molecule has 0 aliphatic carbocycles. The second-order valence-electron chi connectivity index (χ2n) is 4.09. The van der Waals surface area contributed by atoms with E-state index in [1.165, 1.54) is 11.8 Å². The molecule has 0 radical (unpaired) electrons. The van der Waals surface area contributed by atoms with E-state index in [2.05, 4.69) is 0 Å². The summed E-state index contributed by atoms with van der Waals surface area (Å²) in [6, 6.07) is 7.00. The van der Waals surface area contributed by atoms with Crippen molar-refractivity contribution in [3.05, 3.63) is 24.3 Å². The van der Waals surface area contributed by atoms with Gasteiger partial charge in [0.05, 0.1) is 13.0 Å².